The van der Waals surface area contributed by atoms with Gasteiger partial charge >= 0.3 is 5.97 Å². The van der Waals surface area contributed by atoms with Crippen LogP contribution in [0.4, 0.5) is 0 Å². The molecule has 0 spiro atoms. The Bertz CT molecular complexity index is 104. The summed E-state index contributed by atoms with van der Waals surface area (Å²) in [7, 11) is 2.97. The van der Waals surface area contributed by atoms with Crippen LogP contribution in [-0.4, -0.2) is 22.9 Å². The van der Waals surface area contributed by atoms with E-state index in [0.717, 1.165) is 0 Å². The van der Waals surface area contributed by atoms with Crippen LogP contribution in [0.25, 0.3) is 0 Å². The van der Waals surface area contributed by atoms with Crippen LogP contribution in [0, 0.1) is 0 Å². The quantitative estimate of drug-likeness (QED) is 0.521. The normalized spacial score (nSPS) is 12.6. The molecule has 3 nitrogen and oxygen atoms in total. The third kappa shape index (κ3) is 3.78. The largest absolute Gasteiger partial charge is 0.481 e. The zero-order valence-electron chi connectivity index (χ0n) is 4.29. The van der Waals surface area contributed by atoms with Crippen LogP contribution in [-0.2, 0) is 4.79 Å². The number of hydrogen-bond acceptors (Lipinski definition) is 2. The maximum atomic E-state index is 9.85. The van der Waals surface area contributed by atoms with E-state index in [1.165, 1.54) is 5.80 Å². The number of rotatable bonds is 3. The molecule has 0 saturated heterocycles. The molecule has 0 radical (unpaired) electrons. The molecule has 0 rings (SSSR count). The fourth-order valence-corrected chi connectivity index (χ4v) is 0.378. The van der Waals surface area contributed by atoms with Gasteiger partial charge in [0.1, 0.15) is 0 Å². The van der Waals surface area contributed by atoms with Crippen molar-refractivity contribution in [3.8, 4) is 0 Å². The highest BCUT2D eigenvalue weighted by atomic mass is 31.0. The summed E-state index contributed by atoms with van der Waals surface area (Å²) >= 11 is 0. The molecular weight excluding hydrogens is 125 g/mol. The first-order chi connectivity index (χ1) is 3.66. The van der Waals surface area contributed by atoms with Crippen molar-refractivity contribution in [1.29, 1.82) is 0 Å². The van der Waals surface area contributed by atoms with Gasteiger partial charge in [0.25, 0.3) is 0 Å². The van der Waals surface area contributed by atoms with Crippen LogP contribution in [0.15, 0.2) is 0 Å². The Morgan fingerprint density at radius 1 is 2.00 bits per heavy atom. The van der Waals surface area contributed by atoms with Gasteiger partial charge in [-0.2, -0.15) is 0 Å². The molecule has 0 amide bonds. The Morgan fingerprint density at radius 3 is 2.62 bits per heavy atom. The lowest BCUT2D eigenvalue weighted by atomic mass is 10.3. The monoisotopic (exact) mass is 133 g/mol. The van der Waals surface area contributed by atoms with Gasteiger partial charge < -0.3 is 10.8 Å². The van der Waals surface area contributed by atoms with Gasteiger partial charge in [-0.1, -0.05) is 0 Å². The lowest BCUT2D eigenvalue weighted by Crippen LogP contribution is -2.23. The van der Waals surface area contributed by atoms with E-state index in [0.29, 0.717) is 0 Å². The lowest BCUT2D eigenvalue weighted by Gasteiger charge is -1.97. The molecule has 0 aliphatic heterocycles. The van der Waals surface area contributed by atoms with Gasteiger partial charge in [-0.15, -0.1) is 8.86 Å². The van der Waals surface area contributed by atoms with Gasteiger partial charge in [0.15, 0.2) is 0 Å². The van der Waals surface area contributed by atoms with E-state index < -0.39 is 5.97 Å². The Hall–Kier alpha value is -0.400. The third-order valence-electron chi connectivity index (χ3n) is 0.624. The SMILES string of the molecule is NC(C=P)CC(=O)O. The van der Waals surface area contributed by atoms with E-state index in [4.69, 9.17) is 10.8 Å². The van der Waals surface area contributed by atoms with Gasteiger partial charge in [-0.05, 0) is 5.80 Å². The first-order valence-electron chi connectivity index (χ1n) is 2.14. The highest BCUT2D eigenvalue weighted by Crippen LogP contribution is 1.83. The third-order valence-corrected chi connectivity index (χ3v) is 1.05. The highest BCUT2D eigenvalue weighted by Gasteiger charge is 2.01. The van der Waals surface area contributed by atoms with E-state index >= 15 is 0 Å². The molecule has 0 aliphatic rings. The smallest absolute Gasteiger partial charge is 0.305 e. The second-order valence-electron chi connectivity index (χ2n) is 1.43. The molecule has 0 aromatic carbocycles. The van der Waals surface area contributed by atoms with Gasteiger partial charge in [-0.3, -0.25) is 4.79 Å². The van der Waals surface area contributed by atoms with Crippen LogP contribution in [0.1, 0.15) is 6.42 Å². The second-order valence-corrected chi connectivity index (χ2v) is 1.76. The fraction of sp³-hybridized carbons (Fsp3) is 0.500. The molecule has 0 aromatic heterocycles. The molecule has 0 heterocycles. The maximum absolute atomic E-state index is 9.85. The van der Waals surface area contributed by atoms with Gasteiger partial charge in [0.05, 0.1) is 6.42 Å². The summed E-state index contributed by atoms with van der Waals surface area (Å²) in [6.07, 6.45) is -0.0243. The van der Waals surface area contributed by atoms with Crippen molar-refractivity contribution < 1.29 is 9.90 Å². The minimum absolute atomic E-state index is 0.0243. The Balaban J connectivity index is 3.38. The number of carboxylic acid groups (broad SMARTS) is 1. The Labute approximate surface area is 49.7 Å². The molecule has 0 saturated carbocycles. The summed E-state index contributed by atoms with van der Waals surface area (Å²) in [6, 6.07) is -0.385. The molecule has 1 atom stereocenters. The minimum atomic E-state index is -0.882. The summed E-state index contributed by atoms with van der Waals surface area (Å²) in [5.41, 5.74) is 5.19. The van der Waals surface area contributed by atoms with Crippen molar-refractivity contribution in [2.75, 3.05) is 0 Å². The second kappa shape index (κ2) is 3.58. The van der Waals surface area contributed by atoms with Gasteiger partial charge in [0, 0.05) is 6.04 Å². The van der Waals surface area contributed by atoms with Crippen molar-refractivity contribution in [2.45, 2.75) is 12.5 Å². The number of aliphatic carboxylic acids is 1. The number of hydrogen-bond donors (Lipinski definition) is 2. The first kappa shape index (κ1) is 7.60. The van der Waals surface area contributed by atoms with Crippen molar-refractivity contribution in [2.24, 2.45) is 5.73 Å². The van der Waals surface area contributed by atoms with Crippen molar-refractivity contribution >= 4 is 20.6 Å². The molecule has 3 N–H and O–H groups in total. The molecule has 0 aromatic rings. The molecular formula is C4H8NO2P. The number of carboxylic acids is 1. The molecule has 1 unspecified atom stereocenters. The predicted octanol–water partition coefficient (Wildman–Crippen LogP) is -0.267. The van der Waals surface area contributed by atoms with E-state index in [2.05, 4.69) is 8.86 Å². The summed E-state index contributed by atoms with van der Waals surface area (Å²) in [5, 5.41) is 8.09. The standard InChI is InChI=1S/C4H8NO2P/c5-3(2-8)1-4(6)7/h2-3,8H,1,5H2,(H,6,7). The number of nitrogens with two attached hydrogens (primary N) is 1. The van der Waals surface area contributed by atoms with Crippen LogP contribution in [0.3, 0.4) is 0 Å². The summed E-state index contributed by atoms with van der Waals surface area (Å²) in [5.74, 6) is 0.584. The molecule has 0 fully saturated rings. The van der Waals surface area contributed by atoms with Crippen LogP contribution in [0.2, 0.25) is 0 Å². The summed E-state index contributed by atoms with van der Waals surface area (Å²) < 4.78 is 0. The van der Waals surface area contributed by atoms with Crippen LogP contribution >= 0.6 is 8.86 Å². The van der Waals surface area contributed by atoms with Gasteiger partial charge in [0.2, 0.25) is 0 Å². The fourth-order valence-electron chi connectivity index (χ4n) is 0.261. The topological polar surface area (TPSA) is 63.3 Å². The summed E-state index contributed by atoms with van der Waals surface area (Å²) in [6.45, 7) is 0. The van der Waals surface area contributed by atoms with E-state index in [1.807, 2.05) is 0 Å². The zero-order valence-corrected chi connectivity index (χ0v) is 5.29. The summed E-state index contributed by atoms with van der Waals surface area (Å²) in [4.78, 5) is 9.85. The lowest BCUT2D eigenvalue weighted by molar-refractivity contribution is -0.137. The van der Waals surface area contributed by atoms with Gasteiger partial charge in [-0.25, -0.2) is 0 Å². The van der Waals surface area contributed by atoms with E-state index in [-0.39, 0.29) is 12.5 Å². The van der Waals surface area contributed by atoms with Crippen molar-refractivity contribution in [1.82, 2.24) is 0 Å². The maximum Gasteiger partial charge on any atom is 0.305 e. The molecule has 46 valence electrons. The first-order valence-corrected chi connectivity index (χ1v) is 2.72. The van der Waals surface area contributed by atoms with Crippen molar-refractivity contribution in [3.05, 3.63) is 0 Å². The van der Waals surface area contributed by atoms with E-state index in [9.17, 15) is 4.79 Å². The molecule has 4 heteroatoms. The molecule has 0 aliphatic carbocycles. The average molecular weight is 133 g/mol. The average Bonchev–Trinajstić information content (AvgIpc) is 1.65. The molecule has 0 bridgehead atoms. The molecule has 8 heavy (non-hydrogen) atoms. The van der Waals surface area contributed by atoms with Crippen molar-refractivity contribution in [3.63, 3.8) is 0 Å². The Kier molecular flexibility index (Phi) is 3.40. The number of carbonyl (C=O) groups is 1. The zero-order chi connectivity index (χ0) is 6.57. The van der Waals surface area contributed by atoms with Crippen LogP contribution in [0.5, 0.6) is 0 Å². The Morgan fingerprint density at radius 2 is 2.50 bits per heavy atom. The highest BCUT2D eigenvalue weighted by molar-refractivity contribution is 7.18. The predicted molar refractivity (Wildman–Crippen MR) is 34.6 cm³/mol. The van der Waals surface area contributed by atoms with Crippen LogP contribution < -0.4 is 5.73 Å². The van der Waals surface area contributed by atoms with E-state index in [1.54, 1.807) is 0 Å². The minimum Gasteiger partial charge on any atom is -0.481 e.